The Balaban J connectivity index is 1.60. The van der Waals surface area contributed by atoms with Crippen molar-refractivity contribution in [2.75, 3.05) is 5.32 Å². The van der Waals surface area contributed by atoms with Crippen molar-refractivity contribution in [2.45, 2.75) is 38.2 Å². The molecule has 3 rings (SSSR count). The van der Waals surface area contributed by atoms with Crippen LogP contribution in [0.2, 0.25) is 0 Å². The second kappa shape index (κ2) is 8.34. The number of amides is 1. The van der Waals surface area contributed by atoms with Crippen molar-refractivity contribution in [2.24, 2.45) is 0 Å². The maximum absolute atomic E-state index is 13.7. The molecule has 0 aliphatic carbocycles. The van der Waals surface area contributed by atoms with Crippen LogP contribution in [0.3, 0.4) is 0 Å². The number of rotatable bonds is 7. The van der Waals surface area contributed by atoms with Crippen molar-refractivity contribution in [1.29, 1.82) is 0 Å². The summed E-state index contributed by atoms with van der Waals surface area (Å²) < 4.78 is 23.9. The zero-order valence-corrected chi connectivity index (χ0v) is 16.0. The molecular weight excluding hydrogens is 371 g/mol. The first-order valence-corrected chi connectivity index (χ1v) is 9.46. The van der Waals surface area contributed by atoms with Gasteiger partial charge in [0.25, 0.3) is 0 Å². The average molecular weight is 390 g/mol. The van der Waals surface area contributed by atoms with Crippen molar-refractivity contribution in [3.63, 3.8) is 0 Å². The van der Waals surface area contributed by atoms with Gasteiger partial charge in [-0.2, -0.15) is 4.98 Å². The highest BCUT2D eigenvalue weighted by Gasteiger charge is 2.20. The first-order valence-electron chi connectivity index (χ1n) is 8.41. The van der Waals surface area contributed by atoms with Gasteiger partial charge in [0.15, 0.2) is 5.82 Å². The van der Waals surface area contributed by atoms with E-state index < -0.39 is 0 Å². The molecular formula is C18H19FN4O3S. The molecule has 2 heterocycles. The van der Waals surface area contributed by atoms with Gasteiger partial charge in [-0.15, -0.1) is 11.8 Å². The molecule has 0 bridgehead atoms. The minimum atomic E-state index is -0.320. The van der Waals surface area contributed by atoms with Gasteiger partial charge in [0, 0.05) is 11.6 Å². The number of carbonyl (C=O) groups is 1. The number of aromatic nitrogens is 3. The Morgan fingerprint density at radius 3 is 2.74 bits per heavy atom. The number of anilines is 1. The monoisotopic (exact) mass is 390 g/mol. The summed E-state index contributed by atoms with van der Waals surface area (Å²) in [7, 11) is 0. The van der Waals surface area contributed by atoms with E-state index in [2.05, 4.69) is 20.6 Å². The van der Waals surface area contributed by atoms with E-state index in [0.29, 0.717) is 46.6 Å². The molecule has 0 saturated heterocycles. The van der Waals surface area contributed by atoms with Gasteiger partial charge in [-0.05, 0) is 31.9 Å². The van der Waals surface area contributed by atoms with E-state index in [1.165, 1.54) is 17.8 Å². The lowest BCUT2D eigenvalue weighted by Crippen LogP contribution is -2.24. The van der Waals surface area contributed by atoms with Gasteiger partial charge in [-0.1, -0.05) is 29.4 Å². The van der Waals surface area contributed by atoms with Crippen molar-refractivity contribution < 1.29 is 18.2 Å². The molecule has 1 unspecified atom stereocenters. The zero-order valence-electron chi connectivity index (χ0n) is 15.2. The van der Waals surface area contributed by atoms with E-state index in [0.717, 1.165) is 0 Å². The van der Waals surface area contributed by atoms with Gasteiger partial charge in [0.05, 0.1) is 11.0 Å². The fourth-order valence-electron chi connectivity index (χ4n) is 2.35. The van der Waals surface area contributed by atoms with Gasteiger partial charge >= 0.3 is 0 Å². The van der Waals surface area contributed by atoms with Crippen molar-refractivity contribution in [1.82, 2.24) is 15.3 Å². The normalized spacial score (nSPS) is 12.1. The second-order valence-corrected chi connectivity index (χ2v) is 7.19. The summed E-state index contributed by atoms with van der Waals surface area (Å²) >= 11 is 1.38. The lowest BCUT2D eigenvalue weighted by atomic mass is 10.1. The molecule has 142 valence electrons. The predicted octanol–water partition coefficient (Wildman–Crippen LogP) is 4.13. The first-order chi connectivity index (χ1) is 13.0. The molecule has 1 aromatic carbocycles. The van der Waals surface area contributed by atoms with Crippen LogP contribution in [0, 0.1) is 19.7 Å². The second-order valence-electron chi connectivity index (χ2n) is 6.00. The number of thioether (sulfide) groups is 1. The molecule has 0 aliphatic rings. The van der Waals surface area contributed by atoms with Crippen LogP contribution < -0.4 is 5.32 Å². The van der Waals surface area contributed by atoms with Gasteiger partial charge in [0.2, 0.25) is 17.6 Å². The standard InChI is InChI=1S/C18H19FN4O3S/c1-4-14(18(24)20-15-7-11(3)25-22-15)27-9-16-21-17(23-26-16)12-6-5-10(2)13(19)8-12/h5-8,14H,4,9H2,1-3H3,(H,20,22,24). The van der Waals surface area contributed by atoms with Gasteiger partial charge in [-0.25, -0.2) is 4.39 Å². The molecule has 9 heteroatoms. The van der Waals surface area contributed by atoms with Crippen molar-refractivity contribution in [3.05, 3.63) is 47.3 Å². The Morgan fingerprint density at radius 1 is 1.26 bits per heavy atom. The molecule has 0 fully saturated rings. The number of benzene rings is 1. The number of hydrogen-bond acceptors (Lipinski definition) is 7. The summed E-state index contributed by atoms with van der Waals surface area (Å²) in [6, 6.07) is 6.43. The van der Waals surface area contributed by atoms with E-state index in [1.807, 2.05) is 6.92 Å². The highest BCUT2D eigenvalue weighted by Crippen LogP contribution is 2.24. The Morgan fingerprint density at radius 2 is 2.07 bits per heavy atom. The fourth-order valence-corrected chi connectivity index (χ4v) is 3.25. The molecule has 1 amide bonds. The molecule has 27 heavy (non-hydrogen) atoms. The van der Waals surface area contributed by atoms with Gasteiger partial charge < -0.3 is 14.4 Å². The highest BCUT2D eigenvalue weighted by atomic mass is 32.2. The topological polar surface area (TPSA) is 94.0 Å². The van der Waals surface area contributed by atoms with Crippen LogP contribution in [-0.4, -0.2) is 26.5 Å². The van der Waals surface area contributed by atoms with Gasteiger partial charge in [-0.3, -0.25) is 4.79 Å². The number of nitrogens with one attached hydrogen (secondary N) is 1. The SMILES string of the molecule is CCC(SCc1nc(-c2ccc(C)c(F)c2)no1)C(=O)Nc1cc(C)on1. The lowest BCUT2D eigenvalue weighted by molar-refractivity contribution is -0.115. The molecule has 0 radical (unpaired) electrons. The summed E-state index contributed by atoms with van der Waals surface area (Å²) in [6.45, 7) is 5.36. The van der Waals surface area contributed by atoms with E-state index in [9.17, 15) is 9.18 Å². The lowest BCUT2D eigenvalue weighted by Gasteiger charge is -2.11. The molecule has 0 aliphatic heterocycles. The number of nitrogens with zero attached hydrogens (tertiary/aromatic N) is 3. The molecule has 2 aromatic heterocycles. The maximum atomic E-state index is 13.7. The summed E-state index contributed by atoms with van der Waals surface area (Å²) in [6.07, 6.45) is 0.623. The van der Waals surface area contributed by atoms with Gasteiger partial charge in [0.1, 0.15) is 11.6 Å². The number of halogens is 1. The maximum Gasteiger partial charge on any atom is 0.238 e. The number of carbonyl (C=O) groups excluding carboxylic acids is 1. The average Bonchev–Trinajstić information content (AvgIpc) is 3.27. The van der Waals surface area contributed by atoms with Crippen LogP contribution in [0.25, 0.3) is 11.4 Å². The first kappa shape index (κ1) is 19.1. The minimum absolute atomic E-state index is 0.170. The Kier molecular flexibility index (Phi) is 5.90. The molecule has 0 saturated carbocycles. The molecule has 0 spiro atoms. The number of aryl methyl sites for hydroxylation is 2. The van der Waals surface area contributed by atoms with Crippen LogP contribution in [0.4, 0.5) is 10.2 Å². The van der Waals surface area contributed by atoms with Crippen LogP contribution in [0.15, 0.2) is 33.3 Å². The molecule has 3 aromatic rings. The Bertz CT molecular complexity index is 940. The summed E-state index contributed by atoms with van der Waals surface area (Å²) in [5.41, 5.74) is 1.10. The van der Waals surface area contributed by atoms with E-state index in [4.69, 9.17) is 9.05 Å². The largest absolute Gasteiger partial charge is 0.360 e. The van der Waals surface area contributed by atoms with E-state index in [-0.39, 0.29) is 17.0 Å². The third kappa shape index (κ3) is 4.73. The van der Waals surface area contributed by atoms with E-state index in [1.54, 1.807) is 32.0 Å². The minimum Gasteiger partial charge on any atom is -0.360 e. The highest BCUT2D eigenvalue weighted by molar-refractivity contribution is 7.99. The summed E-state index contributed by atoms with van der Waals surface area (Å²) in [4.78, 5) is 16.6. The third-order valence-corrected chi connectivity index (χ3v) is 5.21. The third-order valence-electron chi connectivity index (χ3n) is 3.85. The fraction of sp³-hybridized carbons (Fsp3) is 0.333. The van der Waals surface area contributed by atoms with Crippen LogP contribution in [-0.2, 0) is 10.5 Å². The van der Waals surface area contributed by atoms with Crippen LogP contribution in [0.1, 0.15) is 30.6 Å². The molecule has 1 atom stereocenters. The van der Waals surface area contributed by atoms with Crippen LogP contribution >= 0.6 is 11.8 Å². The van der Waals surface area contributed by atoms with E-state index >= 15 is 0 Å². The Labute approximate surface area is 159 Å². The smallest absolute Gasteiger partial charge is 0.238 e. The molecule has 7 nitrogen and oxygen atoms in total. The molecule has 1 N–H and O–H groups in total. The predicted molar refractivity (Wildman–Crippen MR) is 99.7 cm³/mol. The zero-order chi connectivity index (χ0) is 19.4. The number of hydrogen-bond donors (Lipinski definition) is 1. The quantitative estimate of drug-likeness (QED) is 0.648. The Hall–Kier alpha value is -2.68. The van der Waals surface area contributed by atoms with Crippen molar-refractivity contribution in [3.8, 4) is 11.4 Å². The summed E-state index contributed by atoms with van der Waals surface area (Å²) in [5.74, 6) is 1.58. The van der Waals surface area contributed by atoms with Crippen molar-refractivity contribution >= 4 is 23.5 Å². The van der Waals surface area contributed by atoms with Crippen LogP contribution in [0.5, 0.6) is 0 Å². The summed E-state index contributed by atoms with van der Waals surface area (Å²) in [5, 5.41) is 10.0.